The van der Waals surface area contributed by atoms with Gasteiger partial charge in [0.1, 0.15) is 11.9 Å². The van der Waals surface area contributed by atoms with E-state index in [0.717, 1.165) is 81.8 Å². The van der Waals surface area contributed by atoms with Crippen molar-refractivity contribution in [1.29, 1.82) is 0 Å². The number of methoxy groups -OCH3 is 2. The third kappa shape index (κ3) is 11.5. The van der Waals surface area contributed by atoms with Gasteiger partial charge in [-0.25, -0.2) is 14.6 Å². The number of unbranched alkanes of at least 4 members (excludes halogenated alkanes) is 1. The van der Waals surface area contributed by atoms with E-state index in [1.807, 2.05) is 44.2 Å². The highest BCUT2D eigenvalue weighted by molar-refractivity contribution is 6.05. The number of hydrogen-bond acceptors (Lipinski definition) is 9. The highest BCUT2D eigenvalue weighted by Gasteiger charge is 2.35. The molecule has 2 unspecified atom stereocenters. The Bertz CT molecular complexity index is 2270. The van der Waals surface area contributed by atoms with Crippen LogP contribution in [0.25, 0.3) is 43.8 Å². The van der Waals surface area contributed by atoms with Gasteiger partial charge in [-0.2, -0.15) is 0 Å². The second-order valence-corrected chi connectivity index (χ2v) is 15.0. The maximum absolute atomic E-state index is 13.4. The second-order valence-electron chi connectivity index (χ2n) is 15.0. The molecule has 5 amide bonds. The van der Waals surface area contributed by atoms with Crippen molar-refractivity contribution in [2.45, 2.75) is 78.3 Å². The van der Waals surface area contributed by atoms with E-state index in [2.05, 4.69) is 74.1 Å². The van der Waals surface area contributed by atoms with Crippen LogP contribution in [-0.2, 0) is 25.5 Å². The third-order valence-electron chi connectivity index (χ3n) is 10.1. The molecule has 1 aliphatic heterocycles. The van der Waals surface area contributed by atoms with Gasteiger partial charge in [0.15, 0.2) is 0 Å². The van der Waals surface area contributed by atoms with E-state index < -0.39 is 18.2 Å². The fourth-order valence-electron chi connectivity index (χ4n) is 7.04. The fraction of sp³-hybridized carbons (Fsp3) is 0.432. The molecule has 3 aromatic carbocycles. The van der Waals surface area contributed by atoms with Gasteiger partial charge in [0.2, 0.25) is 11.8 Å². The number of rotatable bonds is 14. The number of fused-ring (bicyclic) bond motifs is 4. The van der Waals surface area contributed by atoms with E-state index in [4.69, 9.17) is 9.72 Å². The average molecular weight is 809 g/mol. The lowest BCUT2D eigenvalue weighted by molar-refractivity contribution is -0.135. The van der Waals surface area contributed by atoms with Crippen molar-refractivity contribution in [3.05, 3.63) is 72.2 Å². The summed E-state index contributed by atoms with van der Waals surface area (Å²) in [5, 5.41) is 13.7. The number of amides is 5. The van der Waals surface area contributed by atoms with Crippen LogP contribution in [-0.4, -0.2) is 102 Å². The molecule has 2 aromatic heterocycles. The molecule has 5 aromatic rings. The molecule has 59 heavy (non-hydrogen) atoms. The minimum atomic E-state index is -0.716. The number of carbonyl (C=O) groups is 5. The number of hydrogen-bond donors (Lipinski definition) is 5. The Balaban J connectivity index is 0.00000214. The van der Waals surface area contributed by atoms with Gasteiger partial charge in [0, 0.05) is 49.1 Å². The van der Waals surface area contributed by atoms with Crippen LogP contribution in [0.3, 0.4) is 0 Å². The highest BCUT2D eigenvalue weighted by atomic mass is 16.5. The van der Waals surface area contributed by atoms with Crippen LogP contribution in [0.2, 0.25) is 0 Å². The Morgan fingerprint density at radius 2 is 1.61 bits per heavy atom. The van der Waals surface area contributed by atoms with Crippen molar-refractivity contribution in [3.63, 3.8) is 0 Å². The number of ether oxygens (including phenoxy) is 2. The summed E-state index contributed by atoms with van der Waals surface area (Å²) in [5.41, 5.74) is 5.07. The van der Waals surface area contributed by atoms with Crippen molar-refractivity contribution in [3.8, 4) is 11.1 Å². The summed E-state index contributed by atoms with van der Waals surface area (Å²) in [4.78, 5) is 76.1. The zero-order chi connectivity index (χ0) is 42.5. The second kappa shape index (κ2) is 21.0. The SMILES string of the molecule is CCC.COC(=O)NCC(=O)NCCCCc1nc2c(ccc3cc(-c4ccc5cc(C(=O)NCC6CCCN6C(=O)C(NC(=O)OC)C(C)C)cnc5c4)ccc32)[nH]1. The first-order valence-electron chi connectivity index (χ1n) is 20.3. The Hall–Kier alpha value is -6.25. The number of likely N-dealkylation sites (tertiary alicyclic amines) is 1. The molecule has 1 saturated heterocycles. The summed E-state index contributed by atoms with van der Waals surface area (Å²) in [7, 11) is 2.51. The number of carbonyl (C=O) groups excluding carboxylic acids is 5. The lowest BCUT2D eigenvalue weighted by Crippen LogP contribution is -2.54. The molecular formula is C44H56N8O7. The van der Waals surface area contributed by atoms with E-state index >= 15 is 0 Å². The summed E-state index contributed by atoms with van der Waals surface area (Å²) >= 11 is 0. The number of benzene rings is 3. The molecule has 15 nitrogen and oxygen atoms in total. The molecule has 2 atom stereocenters. The van der Waals surface area contributed by atoms with Crippen LogP contribution >= 0.6 is 0 Å². The van der Waals surface area contributed by atoms with Gasteiger partial charge in [-0.3, -0.25) is 19.4 Å². The first-order valence-corrected chi connectivity index (χ1v) is 20.3. The summed E-state index contributed by atoms with van der Waals surface area (Å²) < 4.78 is 9.18. The van der Waals surface area contributed by atoms with Crippen molar-refractivity contribution in [1.82, 2.24) is 41.1 Å². The van der Waals surface area contributed by atoms with E-state index in [0.29, 0.717) is 25.2 Å². The van der Waals surface area contributed by atoms with E-state index in [-0.39, 0.29) is 36.2 Å². The minimum Gasteiger partial charge on any atom is -0.453 e. The molecule has 3 heterocycles. The highest BCUT2D eigenvalue weighted by Crippen LogP contribution is 2.31. The predicted molar refractivity (Wildman–Crippen MR) is 228 cm³/mol. The summed E-state index contributed by atoms with van der Waals surface area (Å²) in [6.45, 7) is 9.21. The first-order chi connectivity index (χ1) is 28.5. The Morgan fingerprint density at radius 3 is 2.36 bits per heavy atom. The summed E-state index contributed by atoms with van der Waals surface area (Å²) in [6.07, 6.45) is 5.41. The van der Waals surface area contributed by atoms with Crippen LogP contribution in [0.1, 0.15) is 76.0 Å². The Morgan fingerprint density at radius 1 is 0.881 bits per heavy atom. The van der Waals surface area contributed by atoms with Gasteiger partial charge in [0.05, 0.1) is 42.9 Å². The number of H-pyrrole nitrogens is 1. The lowest BCUT2D eigenvalue weighted by Gasteiger charge is -2.30. The van der Waals surface area contributed by atoms with E-state index in [1.165, 1.54) is 20.6 Å². The van der Waals surface area contributed by atoms with E-state index in [9.17, 15) is 24.0 Å². The number of pyridine rings is 1. The monoisotopic (exact) mass is 808 g/mol. The maximum Gasteiger partial charge on any atom is 0.407 e. The van der Waals surface area contributed by atoms with Crippen molar-refractivity contribution in [2.24, 2.45) is 5.92 Å². The topological polar surface area (TPSA) is 197 Å². The minimum absolute atomic E-state index is 0.127. The molecule has 1 aliphatic rings. The zero-order valence-electron chi connectivity index (χ0n) is 34.8. The van der Waals surface area contributed by atoms with Gasteiger partial charge >= 0.3 is 12.2 Å². The number of imidazole rings is 1. The van der Waals surface area contributed by atoms with Crippen LogP contribution in [0.5, 0.6) is 0 Å². The molecule has 0 spiro atoms. The van der Waals surface area contributed by atoms with Crippen molar-refractivity contribution < 1.29 is 33.4 Å². The normalized spacial score (nSPS) is 14.1. The quantitative estimate of drug-likeness (QED) is 0.0807. The van der Waals surface area contributed by atoms with E-state index in [1.54, 1.807) is 11.1 Å². The van der Waals surface area contributed by atoms with Crippen LogP contribution in [0.15, 0.2) is 60.8 Å². The number of aromatic nitrogens is 3. The molecule has 6 rings (SSSR count). The number of alkyl carbamates (subject to hydrolysis) is 2. The molecule has 0 saturated carbocycles. The lowest BCUT2D eigenvalue weighted by atomic mass is 9.99. The van der Waals surface area contributed by atoms with Crippen LogP contribution in [0, 0.1) is 5.92 Å². The summed E-state index contributed by atoms with van der Waals surface area (Å²) in [6, 6.07) is 17.3. The Kier molecular flexibility index (Phi) is 15.6. The standard InChI is InChI=1S/C41H48N8O7.C3H8/c1-24(2)36(48-41(54)56-4)39(52)49-17-7-8-30(49)22-44-38(51)29-19-28-11-10-26(20-33(28)43-21-29)25-12-14-31-27(18-25)13-15-32-37(31)47-34(46-32)9-5-6-16-42-35(50)23-45-40(53)55-3;1-3-2/h10-15,18-21,24,30,36H,5-9,16-17,22-23H2,1-4H3,(H,42,50)(H,44,51)(H,45,53)(H,46,47)(H,48,54);3H2,1-2H3. The summed E-state index contributed by atoms with van der Waals surface area (Å²) in [5.74, 6) is 0.0253. The van der Waals surface area contributed by atoms with Gasteiger partial charge in [-0.05, 0) is 72.4 Å². The number of nitrogens with zero attached hydrogens (tertiary/aromatic N) is 3. The molecule has 1 fully saturated rings. The molecule has 15 heteroatoms. The van der Waals surface area contributed by atoms with Gasteiger partial charge in [-0.1, -0.05) is 64.4 Å². The van der Waals surface area contributed by atoms with Crippen LogP contribution in [0.4, 0.5) is 9.59 Å². The fourth-order valence-corrected chi connectivity index (χ4v) is 7.04. The zero-order valence-corrected chi connectivity index (χ0v) is 34.8. The average Bonchev–Trinajstić information content (AvgIpc) is 3.90. The number of nitrogens with one attached hydrogen (secondary N) is 5. The number of aromatic amines is 1. The molecule has 5 N–H and O–H groups in total. The van der Waals surface area contributed by atoms with Gasteiger partial charge in [0.25, 0.3) is 5.91 Å². The molecule has 0 aliphatic carbocycles. The smallest absolute Gasteiger partial charge is 0.407 e. The third-order valence-corrected chi connectivity index (χ3v) is 10.1. The molecule has 0 bridgehead atoms. The number of aryl methyl sites for hydroxylation is 1. The van der Waals surface area contributed by atoms with Gasteiger partial charge in [-0.15, -0.1) is 0 Å². The predicted octanol–water partition coefficient (Wildman–Crippen LogP) is 6.24. The largest absolute Gasteiger partial charge is 0.453 e. The van der Waals surface area contributed by atoms with Crippen LogP contribution < -0.4 is 21.3 Å². The Labute approximate surface area is 344 Å². The molecule has 0 radical (unpaired) electrons. The van der Waals surface area contributed by atoms with Crippen molar-refractivity contribution >= 4 is 62.6 Å². The van der Waals surface area contributed by atoms with Gasteiger partial charge < -0.3 is 40.6 Å². The first kappa shape index (κ1) is 43.9. The molecule has 314 valence electrons. The molecular weight excluding hydrogens is 753 g/mol. The maximum atomic E-state index is 13.4. The van der Waals surface area contributed by atoms with Crippen molar-refractivity contribution in [2.75, 3.05) is 40.4 Å².